The van der Waals surface area contributed by atoms with Crippen LogP contribution in [0.1, 0.15) is 22.5 Å². The standard InChI is InChI=1S/C25H19N3O4S2/c1-15-10-16(2)12-18(11-15)32-22-19(23(29)27-8-4-3-7-21(27)26-22)13-20-24(30)28(25(33)34-20)14-17-6-5-9-31-17/h3-13H,14H2,1-2H3/b20-13+. The predicted octanol–water partition coefficient (Wildman–Crippen LogP) is 5.10. The molecule has 9 heteroatoms. The van der Waals surface area contributed by atoms with Crippen LogP contribution in [0.4, 0.5) is 0 Å². The summed E-state index contributed by atoms with van der Waals surface area (Å²) in [5.74, 6) is 0.993. The molecule has 0 bridgehead atoms. The Hall–Kier alpha value is -3.69. The van der Waals surface area contributed by atoms with Crippen molar-refractivity contribution >= 4 is 45.9 Å². The van der Waals surface area contributed by atoms with E-state index in [0.29, 0.717) is 26.4 Å². The van der Waals surface area contributed by atoms with Gasteiger partial charge in [0.2, 0.25) is 5.88 Å². The van der Waals surface area contributed by atoms with Crippen molar-refractivity contribution in [2.24, 2.45) is 0 Å². The summed E-state index contributed by atoms with van der Waals surface area (Å²) in [4.78, 5) is 32.9. The molecule has 1 fully saturated rings. The van der Waals surface area contributed by atoms with E-state index in [0.717, 1.165) is 22.9 Å². The average Bonchev–Trinajstić information content (AvgIpc) is 3.40. The maximum absolute atomic E-state index is 13.4. The van der Waals surface area contributed by atoms with E-state index in [-0.39, 0.29) is 29.5 Å². The molecule has 0 N–H and O–H groups in total. The van der Waals surface area contributed by atoms with Gasteiger partial charge in [-0.25, -0.2) is 0 Å². The number of amides is 1. The van der Waals surface area contributed by atoms with Crippen molar-refractivity contribution in [1.29, 1.82) is 0 Å². The molecule has 0 radical (unpaired) electrons. The Labute approximate surface area is 204 Å². The number of fused-ring (bicyclic) bond motifs is 1. The number of furan rings is 1. The van der Waals surface area contributed by atoms with Crippen LogP contribution < -0.4 is 10.3 Å². The van der Waals surface area contributed by atoms with Crippen molar-refractivity contribution < 1.29 is 13.9 Å². The molecule has 0 unspecified atom stereocenters. The Bertz CT molecular complexity index is 1500. The number of pyridine rings is 1. The number of thiocarbonyl (C=S) groups is 1. The molecule has 1 saturated heterocycles. The first-order valence-electron chi connectivity index (χ1n) is 10.4. The normalized spacial score (nSPS) is 15.0. The molecule has 1 aliphatic heterocycles. The molecule has 7 nitrogen and oxygen atoms in total. The van der Waals surface area contributed by atoms with Gasteiger partial charge in [0.1, 0.15) is 27.0 Å². The number of rotatable bonds is 5. The molecule has 1 aliphatic rings. The van der Waals surface area contributed by atoms with Gasteiger partial charge in [0, 0.05) is 6.20 Å². The third-order valence-electron chi connectivity index (χ3n) is 5.19. The summed E-state index contributed by atoms with van der Waals surface area (Å²) in [5.41, 5.74) is 2.30. The van der Waals surface area contributed by atoms with Gasteiger partial charge in [-0.2, -0.15) is 4.98 Å². The number of hydrogen-bond donors (Lipinski definition) is 0. The van der Waals surface area contributed by atoms with E-state index in [9.17, 15) is 9.59 Å². The molecule has 0 atom stereocenters. The lowest BCUT2D eigenvalue weighted by molar-refractivity contribution is -0.122. The first-order valence-corrected chi connectivity index (χ1v) is 11.7. The van der Waals surface area contributed by atoms with Crippen LogP contribution in [0.25, 0.3) is 11.7 Å². The van der Waals surface area contributed by atoms with Gasteiger partial charge in [-0.3, -0.25) is 18.9 Å². The minimum absolute atomic E-state index is 0.123. The molecule has 34 heavy (non-hydrogen) atoms. The monoisotopic (exact) mass is 489 g/mol. The van der Waals surface area contributed by atoms with Crippen LogP contribution in [0, 0.1) is 13.8 Å². The number of nitrogens with zero attached hydrogens (tertiary/aromatic N) is 3. The van der Waals surface area contributed by atoms with Gasteiger partial charge in [0.15, 0.2) is 0 Å². The van der Waals surface area contributed by atoms with Gasteiger partial charge in [-0.1, -0.05) is 36.1 Å². The summed E-state index contributed by atoms with van der Waals surface area (Å²) in [6, 6.07) is 14.6. The number of thioether (sulfide) groups is 1. The largest absolute Gasteiger partial charge is 0.467 e. The van der Waals surface area contributed by atoms with Crippen molar-refractivity contribution in [1.82, 2.24) is 14.3 Å². The summed E-state index contributed by atoms with van der Waals surface area (Å²) in [5, 5.41) is 0. The quantitative estimate of drug-likeness (QED) is 0.285. The maximum Gasteiger partial charge on any atom is 0.269 e. The van der Waals surface area contributed by atoms with Gasteiger partial charge in [-0.05, 0) is 67.4 Å². The van der Waals surface area contributed by atoms with E-state index in [4.69, 9.17) is 21.4 Å². The third-order valence-corrected chi connectivity index (χ3v) is 6.56. The zero-order valence-corrected chi connectivity index (χ0v) is 20.0. The van der Waals surface area contributed by atoms with Crippen molar-refractivity contribution in [3.05, 3.63) is 98.7 Å². The Morgan fingerprint density at radius 3 is 2.65 bits per heavy atom. The van der Waals surface area contributed by atoms with Gasteiger partial charge < -0.3 is 9.15 Å². The third kappa shape index (κ3) is 4.27. The Morgan fingerprint density at radius 2 is 1.91 bits per heavy atom. The van der Waals surface area contributed by atoms with E-state index in [2.05, 4.69) is 4.98 Å². The molecule has 1 aromatic carbocycles. The molecule has 5 rings (SSSR count). The van der Waals surface area contributed by atoms with Crippen LogP contribution in [0.3, 0.4) is 0 Å². The number of aryl methyl sites for hydroxylation is 2. The summed E-state index contributed by atoms with van der Waals surface area (Å²) >= 11 is 6.54. The fraction of sp³-hybridized carbons (Fsp3) is 0.120. The molecule has 1 amide bonds. The minimum Gasteiger partial charge on any atom is -0.467 e. The van der Waals surface area contributed by atoms with Crippen molar-refractivity contribution in [2.45, 2.75) is 20.4 Å². The van der Waals surface area contributed by atoms with Gasteiger partial charge in [0.05, 0.1) is 17.7 Å². The highest BCUT2D eigenvalue weighted by atomic mass is 32.2. The fourth-order valence-corrected chi connectivity index (χ4v) is 4.95. The molecule has 3 aromatic heterocycles. The lowest BCUT2D eigenvalue weighted by Crippen LogP contribution is -2.27. The lowest BCUT2D eigenvalue weighted by Gasteiger charge is -2.12. The van der Waals surface area contributed by atoms with Crippen LogP contribution in [-0.4, -0.2) is 24.5 Å². The second kappa shape index (κ2) is 8.92. The zero-order valence-electron chi connectivity index (χ0n) is 18.3. The number of benzene rings is 1. The van der Waals surface area contributed by atoms with Crippen molar-refractivity contribution in [2.75, 3.05) is 0 Å². The molecule has 0 saturated carbocycles. The second-order valence-corrected chi connectivity index (χ2v) is 9.51. The van der Waals surface area contributed by atoms with Crippen LogP contribution >= 0.6 is 24.0 Å². The van der Waals surface area contributed by atoms with E-state index in [1.165, 1.54) is 15.4 Å². The second-order valence-electron chi connectivity index (χ2n) is 7.84. The van der Waals surface area contributed by atoms with Crippen molar-refractivity contribution in [3.8, 4) is 11.6 Å². The highest BCUT2D eigenvalue weighted by molar-refractivity contribution is 8.26. The molecular weight excluding hydrogens is 470 g/mol. The van der Waals surface area contributed by atoms with E-state index >= 15 is 0 Å². The number of aromatic nitrogens is 2. The fourth-order valence-electron chi connectivity index (χ4n) is 3.71. The van der Waals surface area contributed by atoms with E-state index in [1.807, 2.05) is 32.0 Å². The van der Waals surface area contributed by atoms with Crippen LogP contribution in [0.15, 0.2) is 75.1 Å². The van der Waals surface area contributed by atoms with Gasteiger partial charge in [0.25, 0.3) is 11.5 Å². The number of carbonyl (C=O) groups is 1. The first-order chi connectivity index (χ1) is 16.4. The maximum atomic E-state index is 13.4. The Balaban J connectivity index is 1.59. The lowest BCUT2D eigenvalue weighted by atomic mass is 10.1. The predicted molar refractivity (Wildman–Crippen MR) is 135 cm³/mol. The molecule has 4 heterocycles. The average molecular weight is 490 g/mol. The SMILES string of the molecule is Cc1cc(C)cc(Oc2nc3ccccn3c(=O)c2/C=C2/SC(=S)N(Cc3ccco3)C2=O)c1. The topological polar surface area (TPSA) is 77.1 Å². The number of carbonyl (C=O) groups excluding carboxylic acids is 1. The van der Waals surface area contributed by atoms with Crippen LogP contribution in [0.5, 0.6) is 11.6 Å². The van der Waals surface area contributed by atoms with Gasteiger partial charge >= 0.3 is 0 Å². The number of hydrogen-bond acceptors (Lipinski definition) is 7. The Kier molecular flexibility index (Phi) is 5.80. The summed E-state index contributed by atoms with van der Waals surface area (Å²) < 4.78 is 13.3. The molecule has 170 valence electrons. The number of ether oxygens (including phenoxy) is 1. The molecular formula is C25H19N3O4S2. The highest BCUT2D eigenvalue weighted by Crippen LogP contribution is 2.35. The molecule has 0 spiro atoms. The summed E-state index contributed by atoms with van der Waals surface area (Å²) in [6.07, 6.45) is 4.68. The van der Waals surface area contributed by atoms with Crippen LogP contribution in [-0.2, 0) is 11.3 Å². The molecule has 4 aromatic rings. The Morgan fingerprint density at radius 1 is 1.12 bits per heavy atom. The van der Waals surface area contributed by atoms with Crippen molar-refractivity contribution in [3.63, 3.8) is 0 Å². The zero-order chi connectivity index (χ0) is 23.8. The smallest absolute Gasteiger partial charge is 0.269 e. The minimum atomic E-state index is -0.346. The van der Waals surface area contributed by atoms with E-state index in [1.54, 1.807) is 42.8 Å². The molecule has 0 aliphatic carbocycles. The van der Waals surface area contributed by atoms with E-state index < -0.39 is 0 Å². The summed E-state index contributed by atoms with van der Waals surface area (Å²) in [7, 11) is 0. The van der Waals surface area contributed by atoms with Crippen LogP contribution in [0.2, 0.25) is 0 Å². The first kappa shape index (κ1) is 22.1. The summed E-state index contributed by atoms with van der Waals surface area (Å²) in [6.45, 7) is 4.15. The highest BCUT2D eigenvalue weighted by Gasteiger charge is 2.33. The van der Waals surface area contributed by atoms with Gasteiger partial charge in [-0.15, -0.1) is 0 Å².